The monoisotopic (exact) mass is 1990 g/mol. The zero-order valence-electron chi connectivity index (χ0n) is 77.9. The van der Waals surface area contributed by atoms with Gasteiger partial charge in [-0.15, -0.1) is 0 Å². The zero-order valence-corrected chi connectivity index (χ0v) is 82.5. The van der Waals surface area contributed by atoms with Gasteiger partial charge >= 0.3 is 47.9 Å². The molecule has 3 aliphatic heterocycles. The van der Waals surface area contributed by atoms with Gasteiger partial charge in [-0.2, -0.15) is 0 Å². The maximum absolute atomic E-state index is 13.6. The standard InChI is InChI=1S/C31H38Cl2N4O7.C27H30Cl2N4O7.C20H23Cl2NO7.C15H21N3O3/c1-17-11-18(2)28-23(12-17)36(7)14-22(34-6)29(41)37(28)15-25(39)35-21(13-26(40)44-31(3,4)5)24(38)16-43-30(42)27-19(32)9-8-10-20(27)33;1-14-8-15(2)25-20(9-14)32(4)11-19(30-3)26(38)33(25)12-22(35)31-18(10-23(36)37)21(34)13-40-27(39)24-16(28)6-5-7-17(24)29;1-5-9-28-19(27)23-14(10-16(25)30-20(2,3)4)15(24)11-29-18(26)17-12(21)7-6-8-13(17)22;1-9-5-10(2)14-12(6-9)17(4)7-11(16-3)15(21)18(14)8-13(19)20/h8-12,21-22,34H,13-16H2,1-7H3,(H,35,39);5-9,18-19,30H,10-13H2,1-4H3,(H,31,35)(H,36,37);5-8,14H,1,9-11H2,2-4H3,(H,23,27);5-6,11,16H,7-8H2,1-4H3,(H,19,20)/t21-,22-;18-,19-;14-;11-/m0000/s1. The van der Waals surface area contributed by atoms with Crippen LogP contribution in [0.3, 0.4) is 0 Å². The lowest BCUT2D eigenvalue weighted by Gasteiger charge is -2.28. The minimum atomic E-state index is -1.53. The number of Topliss-reactive ketones (excluding diaryl/α,β-unsaturated/α-hetero) is 3. The van der Waals surface area contributed by atoms with E-state index in [9.17, 15) is 81.8 Å². The lowest BCUT2D eigenvalue weighted by atomic mass is 10.1. The van der Waals surface area contributed by atoms with Crippen molar-refractivity contribution in [1.29, 1.82) is 0 Å². The lowest BCUT2D eigenvalue weighted by Crippen LogP contribution is -2.53. The van der Waals surface area contributed by atoms with Crippen molar-refractivity contribution in [2.45, 2.75) is 150 Å². The van der Waals surface area contributed by atoms with Gasteiger partial charge in [0.25, 0.3) is 0 Å². The van der Waals surface area contributed by atoms with Crippen molar-refractivity contribution in [2.75, 3.05) is 137 Å². The summed E-state index contributed by atoms with van der Waals surface area (Å²) in [5.41, 5.74) is 7.70. The highest BCUT2D eigenvalue weighted by Crippen LogP contribution is 2.40. The Morgan fingerprint density at radius 3 is 0.956 bits per heavy atom. The zero-order chi connectivity index (χ0) is 101. The number of ether oxygens (including phenoxy) is 6. The Labute approximate surface area is 811 Å². The fourth-order valence-corrected chi connectivity index (χ4v) is 16.0. The molecule has 8 N–H and O–H groups in total. The Hall–Kier alpha value is -12.0. The molecule has 0 saturated carbocycles. The van der Waals surface area contributed by atoms with Crippen LogP contribution < -0.4 is 61.3 Å². The van der Waals surface area contributed by atoms with Crippen molar-refractivity contribution < 1.29 is 115 Å². The number of halogens is 6. The first kappa shape index (κ1) is 112. The second-order valence-electron chi connectivity index (χ2n) is 33.6. The van der Waals surface area contributed by atoms with Crippen LogP contribution in [0.1, 0.15) is 125 Å². The second-order valence-corrected chi connectivity index (χ2v) is 36.0. The molecule has 0 saturated heterocycles. The summed E-state index contributed by atoms with van der Waals surface area (Å²) in [6.07, 6.45) is -1.39. The molecule has 6 aromatic rings. The first-order valence-corrected chi connectivity index (χ1v) is 44.3. The second kappa shape index (κ2) is 50.5. The summed E-state index contributed by atoms with van der Waals surface area (Å²) in [6, 6.07) is 18.9. The molecule has 0 aromatic heterocycles. The highest BCUT2D eigenvalue weighted by atomic mass is 35.5. The summed E-state index contributed by atoms with van der Waals surface area (Å²) in [5.74, 6) is -11.5. The molecule has 0 radical (unpaired) electrons. The molecule has 730 valence electrons. The number of benzene rings is 6. The maximum Gasteiger partial charge on any atom is 0.408 e. The third kappa shape index (κ3) is 32.4. The van der Waals surface area contributed by atoms with Gasteiger partial charge in [0, 0.05) is 40.8 Å². The first-order chi connectivity index (χ1) is 63.1. The molecule has 135 heavy (non-hydrogen) atoms. The Bertz CT molecular complexity index is 5430. The number of ketones is 3. The quantitative estimate of drug-likeness (QED) is 0.0110. The molecule has 0 spiro atoms. The van der Waals surface area contributed by atoms with Crippen LogP contribution in [-0.2, 0) is 86.0 Å². The normalized spacial score (nSPS) is 15.2. The Morgan fingerprint density at radius 2 is 0.696 bits per heavy atom. The number of carboxylic acids is 2. The molecule has 36 nitrogen and oxygen atoms in total. The predicted molar refractivity (Wildman–Crippen MR) is 512 cm³/mol. The molecule has 0 bridgehead atoms. The summed E-state index contributed by atoms with van der Waals surface area (Å²) in [6.45, 7) is 22.3. The number of likely N-dealkylation sites (N-methyl/N-ethyl adjacent to an activating group) is 6. The fraction of sp³-hybridized carbons (Fsp3) is 0.419. The number of esters is 5. The van der Waals surface area contributed by atoms with Crippen LogP contribution in [0.4, 0.5) is 38.9 Å². The molecule has 3 heterocycles. The summed E-state index contributed by atoms with van der Waals surface area (Å²) in [7, 11) is 10.6. The number of hydrogen-bond acceptors (Lipinski definition) is 28. The van der Waals surface area contributed by atoms with Crippen LogP contribution in [0, 0.1) is 41.5 Å². The minimum Gasteiger partial charge on any atom is -0.481 e. The number of aliphatic carboxylic acids is 2. The number of alkyl carbamates (subject to hydrolysis) is 1. The van der Waals surface area contributed by atoms with E-state index in [2.05, 4.69) is 38.5 Å². The van der Waals surface area contributed by atoms with E-state index in [0.717, 1.165) is 50.4 Å². The largest absolute Gasteiger partial charge is 0.481 e. The summed E-state index contributed by atoms with van der Waals surface area (Å²) in [4.78, 5) is 211. The van der Waals surface area contributed by atoms with Crippen LogP contribution in [0.15, 0.2) is 104 Å². The number of nitrogens with one attached hydrogen (secondary N) is 6. The van der Waals surface area contributed by atoms with E-state index in [4.69, 9.17) is 103 Å². The number of nitrogens with zero attached hydrogens (tertiary/aromatic N) is 6. The highest BCUT2D eigenvalue weighted by Gasteiger charge is 2.41. The van der Waals surface area contributed by atoms with Crippen LogP contribution >= 0.6 is 69.6 Å². The number of hydrogen-bond donors (Lipinski definition) is 8. The third-order valence-corrected chi connectivity index (χ3v) is 22.2. The Kier molecular flexibility index (Phi) is 41.8. The molecular formula is C93H112Cl6N12O24. The van der Waals surface area contributed by atoms with Crippen molar-refractivity contribution in [3.8, 4) is 0 Å². The number of aryl methyl sites for hydroxylation is 6. The van der Waals surface area contributed by atoms with E-state index < -0.39 is 177 Å². The molecule has 0 unspecified atom stereocenters. The number of rotatable bonds is 32. The Balaban J connectivity index is 0.000000285. The van der Waals surface area contributed by atoms with Crippen LogP contribution in [0.2, 0.25) is 30.1 Å². The number of carbonyl (C=O) groups excluding carboxylic acids is 14. The molecule has 9 rings (SSSR count). The van der Waals surface area contributed by atoms with Gasteiger partial charge in [-0.05, 0) is 192 Å². The van der Waals surface area contributed by atoms with Gasteiger partial charge in [-0.3, -0.25) is 72.2 Å². The SMILES string of the molecule is C=CCOC(=O)N[C@@H](CC(=O)OC(C)(C)C)C(=O)COC(=O)c1c(Cl)cccc1Cl.CN[C@H]1CN(C)c2cc(C)cc(C)c2N(CC(=O)N[C@@H](CC(=O)O)C(=O)COC(=O)c2c(Cl)cccc2Cl)C1=O.CN[C@H]1CN(C)c2cc(C)cc(C)c2N(CC(=O)N[C@@H](CC(=O)OC(C)(C)C)C(=O)COC(=O)c2c(Cl)cccc2Cl)C1=O.CN[C@H]1CN(C)c2cc(C)cc(C)c2N(CC(=O)O)C1=O. The minimum absolute atomic E-state index is 0.0127. The molecule has 6 aromatic carbocycles. The fourth-order valence-electron chi connectivity index (χ4n) is 14.3. The topological polar surface area (TPSA) is 461 Å². The average Bonchev–Trinajstić information content (AvgIpc) is 1.71. The molecule has 6 amide bonds. The van der Waals surface area contributed by atoms with Crippen LogP contribution in [-0.4, -0.2) is 260 Å². The van der Waals surface area contributed by atoms with Gasteiger partial charge in [-0.25, -0.2) is 19.2 Å². The average molecular weight is 1990 g/mol. The summed E-state index contributed by atoms with van der Waals surface area (Å²) >= 11 is 36.0. The third-order valence-electron chi connectivity index (χ3n) is 20.3. The van der Waals surface area contributed by atoms with Crippen molar-refractivity contribution in [3.05, 3.63) is 184 Å². The van der Waals surface area contributed by atoms with Gasteiger partial charge < -0.3 is 85.2 Å². The molecule has 3 aliphatic rings. The van der Waals surface area contributed by atoms with Crippen LogP contribution in [0.5, 0.6) is 0 Å². The number of fused-ring (bicyclic) bond motifs is 3. The molecular weight excluding hydrogens is 1880 g/mol. The first-order valence-electron chi connectivity index (χ1n) is 42.0. The lowest BCUT2D eigenvalue weighted by molar-refractivity contribution is -0.157. The van der Waals surface area contributed by atoms with Crippen molar-refractivity contribution >= 4 is 198 Å². The van der Waals surface area contributed by atoms with Gasteiger partial charge in [-0.1, -0.05) is 119 Å². The molecule has 0 fully saturated rings. The number of anilines is 6. The van der Waals surface area contributed by atoms with E-state index in [-0.39, 0.29) is 77.7 Å². The van der Waals surface area contributed by atoms with E-state index >= 15 is 0 Å². The smallest absolute Gasteiger partial charge is 0.408 e. The number of carboxylic acid groups (broad SMARTS) is 2. The van der Waals surface area contributed by atoms with Gasteiger partial charge in [0.2, 0.25) is 29.5 Å². The molecule has 0 aliphatic carbocycles. The van der Waals surface area contributed by atoms with Gasteiger partial charge in [0.1, 0.15) is 73.7 Å². The number of amides is 6. The molecule has 42 heteroatoms. The summed E-state index contributed by atoms with van der Waals surface area (Å²) in [5, 5.41) is 34.8. The van der Waals surface area contributed by atoms with E-state index in [1.165, 1.54) is 63.2 Å². The van der Waals surface area contributed by atoms with Gasteiger partial charge in [0.15, 0.2) is 37.2 Å². The van der Waals surface area contributed by atoms with Gasteiger partial charge in [0.05, 0.1) is 100 Å². The van der Waals surface area contributed by atoms with Crippen molar-refractivity contribution in [2.24, 2.45) is 0 Å². The van der Waals surface area contributed by atoms with Crippen molar-refractivity contribution in [3.63, 3.8) is 0 Å². The Morgan fingerprint density at radius 1 is 0.422 bits per heavy atom. The molecule has 6 atom stereocenters. The van der Waals surface area contributed by atoms with E-state index in [1.54, 1.807) is 74.8 Å². The number of carbonyl (C=O) groups is 16. The predicted octanol–water partition coefficient (Wildman–Crippen LogP) is 10.5. The maximum atomic E-state index is 13.6. The van der Waals surface area contributed by atoms with E-state index in [0.29, 0.717) is 36.7 Å². The highest BCUT2D eigenvalue weighted by molar-refractivity contribution is 6.41. The summed E-state index contributed by atoms with van der Waals surface area (Å²) < 4.78 is 30.4. The van der Waals surface area contributed by atoms with Crippen LogP contribution in [0.25, 0.3) is 0 Å². The van der Waals surface area contributed by atoms with Crippen molar-refractivity contribution in [1.82, 2.24) is 31.9 Å². The van der Waals surface area contributed by atoms with E-state index in [1.807, 2.05) is 114 Å².